The van der Waals surface area contributed by atoms with Gasteiger partial charge < -0.3 is 4.74 Å². The van der Waals surface area contributed by atoms with Gasteiger partial charge in [-0.05, 0) is 60.4 Å². The minimum absolute atomic E-state index is 0.108. The Kier molecular flexibility index (Phi) is 5.85. The maximum atomic E-state index is 13.1. The Bertz CT molecular complexity index is 1210. The molecule has 1 aliphatic heterocycles. The van der Waals surface area contributed by atoms with Crippen LogP contribution in [-0.2, 0) is 16.2 Å². The van der Waals surface area contributed by atoms with E-state index >= 15 is 0 Å². The molecule has 1 fully saturated rings. The van der Waals surface area contributed by atoms with E-state index in [2.05, 4.69) is 5.32 Å². The van der Waals surface area contributed by atoms with Crippen molar-refractivity contribution in [2.75, 3.05) is 4.90 Å². The van der Waals surface area contributed by atoms with Crippen molar-refractivity contribution < 1.29 is 19.1 Å². The van der Waals surface area contributed by atoms with Crippen molar-refractivity contribution in [1.82, 2.24) is 5.32 Å². The zero-order valence-electron chi connectivity index (χ0n) is 17.8. The summed E-state index contributed by atoms with van der Waals surface area (Å²) in [6.07, 6.45) is 1.48. The second-order valence-electron chi connectivity index (χ2n) is 7.52. The highest BCUT2D eigenvalue weighted by molar-refractivity contribution is 6.39. The van der Waals surface area contributed by atoms with E-state index in [4.69, 9.17) is 4.74 Å². The standard InChI is InChI=1S/C26H22N2O4/c1-17-7-6-10-23(18(17)2)28-25(30)22(24(29)27-26(28)31)15-19-11-13-21(14-12-19)32-16-20-8-4-3-5-9-20/h3-15H,16H2,1-2H3,(H,27,29,31)/b22-15+. The van der Waals surface area contributed by atoms with Crippen LogP contribution in [0.5, 0.6) is 5.75 Å². The molecule has 1 aliphatic rings. The number of amides is 4. The van der Waals surface area contributed by atoms with Gasteiger partial charge in [-0.2, -0.15) is 0 Å². The summed E-state index contributed by atoms with van der Waals surface area (Å²) in [6.45, 7) is 4.17. The minimum Gasteiger partial charge on any atom is -0.489 e. The summed E-state index contributed by atoms with van der Waals surface area (Å²) in [5.41, 5.74) is 3.78. The summed E-state index contributed by atoms with van der Waals surface area (Å²) < 4.78 is 5.77. The number of rotatable bonds is 5. The number of hydrogen-bond acceptors (Lipinski definition) is 4. The number of carbonyl (C=O) groups excluding carboxylic acids is 3. The fourth-order valence-corrected chi connectivity index (χ4v) is 3.42. The number of benzene rings is 3. The van der Waals surface area contributed by atoms with Crippen LogP contribution < -0.4 is 15.0 Å². The molecule has 0 aromatic heterocycles. The molecule has 1 heterocycles. The summed E-state index contributed by atoms with van der Waals surface area (Å²) in [5.74, 6) is -0.703. The number of nitrogens with zero attached hydrogens (tertiary/aromatic N) is 1. The number of imide groups is 2. The molecular weight excluding hydrogens is 404 g/mol. The monoisotopic (exact) mass is 426 g/mol. The fourth-order valence-electron chi connectivity index (χ4n) is 3.42. The first-order valence-electron chi connectivity index (χ1n) is 10.2. The van der Waals surface area contributed by atoms with E-state index in [0.29, 0.717) is 23.6 Å². The molecule has 0 aliphatic carbocycles. The van der Waals surface area contributed by atoms with E-state index in [0.717, 1.165) is 21.6 Å². The third-order valence-electron chi connectivity index (χ3n) is 5.36. The van der Waals surface area contributed by atoms with Crippen molar-refractivity contribution in [2.45, 2.75) is 20.5 Å². The first-order valence-corrected chi connectivity index (χ1v) is 10.2. The highest BCUT2D eigenvalue weighted by Crippen LogP contribution is 2.27. The Labute approximate surface area is 186 Å². The summed E-state index contributed by atoms with van der Waals surface area (Å²) in [6, 6.07) is 21.5. The van der Waals surface area contributed by atoms with Crippen LogP contribution in [0.25, 0.3) is 6.08 Å². The second kappa shape index (κ2) is 8.89. The van der Waals surface area contributed by atoms with Gasteiger partial charge >= 0.3 is 6.03 Å². The van der Waals surface area contributed by atoms with E-state index in [1.807, 2.05) is 50.2 Å². The van der Waals surface area contributed by atoms with E-state index in [1.54, 1.807) is 36.4 Å². The lowest BCUT2D eigenvalue weighted by atomic mass is 10.0. The molecule has 1 saturated heterocycles. The van der Waals surface area contributed by atoms with Crippen LogP contribution in [0, 0.1) is 13.8 Å². The third kappa shape index (κ3) is 4.30. The zero-order chi connectivity index (χ0) is 22.7. The van der Waals surface area contributed by atoms with Crippen molar-refractivity contribution in [2.24, 2.45) is 0 Å². The molecule has 160 valence electrons. The average molecular weight is 426 g/mol. The van der Waals surface area contributed by atoms with Crippen LogP contribution in [0.4, 0.5) is 10.5 Å². The van der Waals surface area contributed by atoms with Crippen LogP contribution >= 0.6 is 0 Å². The number of anilines is 1. The lowest BCUT2D eigenvalue weighted by Crippen LogP contribution is -2.54. The molecule has 0 spiro atoms. The Morgan fingerprint density at radius 2 is 1.59 bits per heavy atom. The van der Waals surface area contributed by atoms with Crippen LogP contribution in [-0.4, -0.2) is 17.8 Å². The van der Waals surface area contributed by atoms with Crippen molar-refractivity contribution in [3.8, 4) is 5.75 Å². The van der Waals surface area contributed by atoms with Crippen molar-refractivity contribution in [3.05, 3.63) is 101 Å². The molecule has 1 N–H and O–H groups in total. The predicted molar refractivity (Wildman–Crippen MR) is 122 cm³/mol. The summed E-state index contributed by atoms with van der Waals surface area (Å²) in [4.78, 5) is 38.9. The molecule has 4 amide bonds. The Balaban J connectivity index is 1.55. The Morgan fingerprint density at radius 1 is 0.875 bits per heavy atom. The largest absolute Gasteiger partial charge is 0.489 e. The lowest BCUT2D eigenvalue weighted by Gasteiger charge is -2.28. The molecule has 0 radical (unpaired) electrons. The maximum Gasteiger partial charge on any atom is 0.335 e. The van der Waals surface area contributed by atoms with Gasteiger partial charge in [0.15, 0.2) is 0 Å². The van der Waals surface area contributed by atoms with Crippen LogP contribution in [0.2, 0.25) is 0 Å². The SMILES string of the molecule is Cc1cccc(N2C(=O)NC(=O)/C(=C\c3ccc(OCc4ccccc4)cc3)C2=O)c1C. The molecule has 3 aromatic carbocycles. The normalized spacial score (nSPS) is 15.1. The van der Waals surface area contributed by atoms with Gasteiger partial charge in [-0.15, -0.1) is 0 Å². The van der Waals surface area contributed by atoms with Gasteiger partial charge in [-0.3, -0.25) is 14.9 Å². The van der Waals surface area contributed by atoms with Gasteiger partial charge in [-0.25, -0.2) is 9.69 Å². The summed E-state index contributed by atoms with van der Waals surface area (Å²) >= 11 is 0. The first-order chi connectivity index (χ1) is 15.4. The van der Waals surface area contributed by atoms with Crippen molar-refractivity contribution in [3.63, 3.8) is 0 Å². The minimum atomic E-state index is -0.754. The summed E-state index contributed by atoms with van der Waals surface area (Å²) in [7, 11) is 0. The molecule has 0 atom stereocenters. The number of nitrogens with one attached hydrogen (secondary N) is 1. The van der Waals surface area contributed by atoms with Gasteiger partial charge in [0.1, 0.15) is 17.9 Å². The number of carbonyl (C=O) groups is 3. The van der Waals surface area contributed by atoms with Gasteiger partial charge in [0.25, 0.3) is 11.8 Å². The van der Waals surface area contributed by atoms with Crippen LogP contribution in [0.3, 0.4) is 0 Å². The van der Waals surface area contributed by atoms with E-state index < -0.39 is 17.8 Å². The number of hydrogen-bond donors (Lipinski definition) is 1. The quantitative estimate of drug-likeness (QED) is 0.480. The average Bonchev–Trinajstić information content (AvgIpc) is 2.79. The maximum absolute atomic E-state index is 13.1. The highest BCUT2D eigenvalue weighted by atomic mass is 16.5. The van der Waals surface area contributed by atoms with Gasteiger partial charge in [-0.1, -0.05) is 54.6 Å². The Hall–Kier alpha value is -4.19. The van der Waals surface area contributed by atoms with Gasteiger partial charge in [0.05, 0.1) is 5.69 Å². The van der Waals surface area contributed by atoms with E-state index in [-0.39, 0.29) is 5.57 Å². The van der Waals surface area contributed by atoms with E-state index in [9.17, 15) is 14.4 Å². The summed E-state index contributed by atoms with van der Waals surface area (Å²) in [5, 5.41) is 2.26. The second-order valence-corrected chi connectivity index (χ2v) is 7.52. The number of aryl methyl sites for hydroxylation is 1. The molecule has 3 aromatic rings. The van der Waals surface area contributed by atoms with Crippen LogP contribution in [0.1, 0.15) is 22.3 Å². The fraction of sp³-hybridized carbons (Fsp3) is 0.115. The van der Waals surface area contributed by atoms with Crippen molar-refractivity contribution >= 4 is 29.6 Å². The molecule has 0 unspecified atom stereocenters. The lowest BCUT2D eigenvalue weighted by molar-refractivity contribution is -0.122. The van der Waals surface area contributed by atoms with Crippen molar-refractivity contribution in [1.29, 1.82) is 0 Å². The third-order valence-corrected chi connectivity index (χ3v) is 5.36. The Morgan fingerprint density at radius 3 is 2.31 bits per heavy atom. The zero-order valence-corrected chi connectivity index (χ0v) is 17.8. The molecule has 6 nitrogen and oxygen atoms in total. The molecule has 0 saturated carbocycles. The molecule has 4 rings (SSSR count). The van der Waals surface area contributed by atoms with Gasteiger partial charge in [0, 0.05) is 0 Å². The predicted octanol–water partition coefficient (Wildman–Crippen LogP) is 4.55. The molecular formula is C26H22N2O4. The molecule has 32 heavy (non-hydrogen) atoms. The highest BCUT2D eigenvalue weighted by Gasteiger charge is 2.37. The first kappa shape index (κ1) is 21.1. The molecule has 6 heteroatoms. The number of ether oxygens (including phenoxy) is 1. The van der Waals surface area contributed by atoms with Gasteiger partial charge in [0.2, 0.25) is 0 Å². The van der Waals surface area contributed by atoms with Crippen LogP contribution in [0.15, 0.2) is 78.4 Å². The molecule has 0 bridgehead atoms. The number of urea groups is 1. The van der Waals surface area contributed by atoms with E-state index in [1.165, 1.54) is 6.08 Å². The smallest absolute Gasteiger partial charge is 0.335 e. The topological polar surface area (TPSA) is 75.7 Å². The number of barbiturate groups is 1.